The standard InChI is InChI=1S/C13H16N2OS/c1-8-4-5-12(11(6-8)7-14)17-13-15-9(2)10(3)16-13/h4-6H,7,14H2,1-3H3. The van der Waals surface area contributed by atoms with E-state index in [9.17, 15) is 0 Å². The van der Waals surface area contributed by atoms with Crippen molar-refractivity contribution in [2.75, 3.05) is 0 Å². The zero-order chi connectivity index (χ0) is 12.4. The normalized spacial score (nSPS) is 10.8. The van der Waals surface area contributed by atoms with Crippen molar-refractivity contribution in [3.8, 4) is 0 Å². The summed E-state index contributed by atoms with van der Waals surface area (Å²) in [6, 6.07) is 6.24. The molecule has 0 radical (unpaired) electrons. The Kier molecular flexibility index (Phi) is 3.54. The predicted octanol–water partition coefficient (Wildman–Crippen LogP) is 3.21. The Morgan fingerprint density at radius 1 is 1.29 bits per heavy atom. The van der Waals surface area contributed by atoms with E-state index in [1.54, 1.807) is 0 Å². The van der Waals surface area contributed by atoms with Crippen molar-refractivity contribution in [3.63, 3.8) is 0 Å². The first-order valence-electron chi connectivity index (χ1n) is 5.51. The van der Waals surface area contributed by atoms with Gasteiger partial charge in [-0.05, 0) is 44.2 Å². The van der Waals surface area contributed by atoms with Gasteiger partial charge in [0.1, 0.15) is 5.76 Å². The number of hydrogen-bond donors (Lipinski definition) is 1. The monoisotopic (exact) mass is 248 g/mol. The van der Waals surface area contributed by atoms with E-state index in [0.717, 1.165) is 21.9 Å². The Hall–Kier alpha value is -1.26. The van der Waals surface area contributed by atoms with Crippen molar-refractivity contribution in [3.05, 3.63) is 40.8 Å². The molecule has 2 rings (SSSR count). The van der Waals surface area contributed by atoms with E-state index in [2.05, 4.69) is 30.1 Å². The maximum Gasteiger partial charge on any atom is 0.261 e. The van der Waals surface area contributed by atoms with E-state index in [4.69, 9.17) is 10.2 Å². The SMILES string of the molecule is Cc1ccc(Sc2nc(C)c(C)o2)c(CN)c1. The average Bonchev–Trinajstić information content (AvgIpc) is 2.60. The van der Waals surface area contributed by atoms with Crippen LogP contribution in [-0.2, 0) is 6.54 Å². The largest absolute Gasteiger partial charge is 0.436 e. The van der Waals surface area contributed by atoms with Crippen LogP contribution < -0.4 is 5.73 Å². The summed E-state index contributed by atoms with van der Waals surface area (Å²) < 4.78 is 5.56. The third kappa shape index (κ3) is 2.70. The van der Waals surface area contributed by atoms with E-state index >= 15 is 0 Å². The first-order valence-corrected chi connectivity index (χ1v) is 6.33. The van der Waals surface area contributed by atoms with Crippen molar-refractivity contribution in [1.82, 2.24) is 4.98 Å². The molecule has 17 heavy (non-hydrogen) atoms. The number of hydrogen-bond acceptors (Lipinski definition) is 4. The molecule has 4 heteroatoms. The van der Waals surface area contributed by atoms with Crippen LogP contribution in [0.15, 0.2) is 32.7 Å². The van der Waals surface area contributed by atoms with E-state index in [0.29, 0.717) is 11.8 Å². The van der Waals surface area contributed by atoms with Crippen molar-refractivity contribution in [1.29, 1.82) is 0 Å². The lowest BCUT2D eigenvalue weighted by molar-refractivity contribution is 0.431. The van der Waals surface area contributed by atoms with Gasteiger partial charge in [0.15, 0.2) is 0 Å². The first kappa shape index (κ1) is 12.2. The van der Waals surface area contributed by atoms with E-state index in [1.807, 2.05) is 13.8 Å². The molecular weight excluding hydrogens is 232 g/mol. The minimum atomic E-state index is 0.530. The van der Waals surface area contributed by atoms with Gasteiger partial charge in [-0.2, -0.15) is 0 Å². The zero-order valence-corrected chi connectivity index (χ0v) is 11.1. The van der Waals surface area contributed by atoms with Crippen molar-refractivity contribution in [2.24, 2.45) is 5.73 Å². The molecule has 2 N–H and O–H groups in total. The molecule has 1 aromatic carbocycles. The molecule has 0 saturated heterocycles. The number of oxazole rings is 1. The smallest absolute Gasteiger partial charge is 0.261 e. The molecule has 0 fully saturated rings. The van der Waals surface area contributed by atoms with Crippen LogP contribution in [0.5, 0.6) is 0 Å². The fourth-order valence-corrected chi connectivity index (χ4v) is 2.50. The minimum absolute atomic E-state index is 0.530. The molecule has 0 aliphatic heterocycles. The minimum Gasteiger partial charge on any atom is -0.436 e. The van der Waals surface area contributed by atoms with Crippen molar-refractivity contribution < 1.29 is 4.42 Å². The lowest BCUT2D eigenvalue weighted by Gasteiger charge is -2.05. The van der Waals surface area contributed by atoms with Gasteiger partial charge >= 0.3 is 0 Å². The topological polar surface area (TPSA) is 52.0 Å². The summed E-state index contributed by atoms with van der Waals surface area (Å²) in [6.45, 7) is 6.46. The van der Waals surface area contributed by atoms with E-state index < -0.39 is 0 Å². The average molecular weight is 248 g/mol. The second kappa shape index (κ2) is 4.94. The quantitative estimate of drug-likeness (QED) is 0.906. The molecule has 0 atom stereocenters. The molecule has 2 aromatic rings. The summed E-state index contributed by atoms with van der Waals surface area (Å²) >= 11 is 1.52. The van der Waals surface area contributed by atoms with Crippen LogP contribution in [0.1, 0.15) is 22.6 Å². The van der Waals surface area contributed by atoms with E-state index in [1.165, 1.54) is 17.3 Å². The fourth-order valence-electron chi connectivity index (χ4n) is 1.55. The van der Waals surface area contributed by atoms with Crippen LogP contribution in [0.4, 0.5) is 0 Å². The van der Waals surface area contributed by atoms with Gasteiger partial charge < -0.3 is 10.2 Å². The molecule has 0 aliphatic carbocycles. The number of aryl methyl sites for hydroxylation is 3. The van der Waals surface area contributed by atoms with Gasteiger partial charge in [-0.3, -0.25) is 0 Å². The Balaban J connectivity index is 2.29. The van der Waals surface area contributed by atoms with Crippen LogP contribution in [0, 0.1) is 20.8 Å². The van der Waals surface area contributed by atoms with Gasteiger partial charge in [-0.1, -0.05) is 17.7 Å². The Labute approximate surface area is 105 Å². The molecule has 0 bridgehead atoms. The van der Waals surface area contributed by atoms with Crippen LogP contribution in [0.3, 0.4) is 0 Å². The number of nitrogens with two attached hydrogens (primary N) is 1. The number of aromatic nitrogens is 1. The predicted molar refractivity (Wildman–Crippen MR) is 69.2 cm³/mol. The highest BCUT2D eigenvalue weighted by atomic mass is 32.2. The van der Waals surface area contributed by atoms with Crippen LogP contribution in [0.2, 0.25) is 0 Å². The Bertz CT molecular complexity index is 515. The maximum absolute atomic E-state index is 5.74. The molecule has 0 unspecified atom stereocenters. The lowest BCUT2D eigenvalue weighted by Crippen LogP contribution is -1.98. The molecular formula is C13H16N2OS. The summed E-state index contributed by atoms with van der Waals surface area (Å²) in [5.41, 5.74) is 9.03. The highest BCUT2D eigenvalue weighted by Crippen LogP contribution is 2.31. The summed E-state index contributed by atoms with van der Waals surface area (Å²) in [6.07, 6.45) is 0. The third-order valence-corrected chi connectivity index (χ3v) is 3.61. The summed E-state index contributed by atoms with van der Waals surface area (Å²) in [5.74, 6) is 0.869. The van der Waals surface area contributed by atoms with Gasteiger partial charge in [-0.25, -0.2) is 4.98 Å². The maximum atomic E-state index is 5.74. The van der Waals surface area contributed by atoms with E-state index in [-0.39, 0.29) is 0 Å². The first-order chi connectivity index (χ1) is 8.10. The number of nitrogens with zero attached hydrogens (tertiary/aromatic N) is 1. The summed E-state index contributed by atoms with van der Waals surface area (Å²) in [4.78, 5) is 5.47. The molecule has 0 spiro atoms. The van der Waals surface area contributed by atoms with Gasteiger partial charge in [-0.15, -0.1) is 0 Å². The molecule has 1 aromatic heterocycles. The van der Waals surface area contributed by atoms with Gasteiger partial charge in [0.25, 0.3) is 5.22 Å². The molecule has 3 nitrogen and oxygen atoms in total. The van der Waals surface area contributed by atoms with Crippen molar-refractivity contribution in [2.45, 2.75) is 37.4 Å². The van der Waals surface area contributed by atoms with Crippen molar-refractivity contribution >= 4 is 11.8 Å². The Morgan fingerprint density at radius 2 is 2.06 bits per heavy atom. The Morgan fingerprint density at radius 3 is 2.65 bits per heavy atom. The third-order valence-electron chi connectivity index (χ3n) is 2.64. The van der Waals surface area contributed by atoms with Gasteiger partial charge in [0.05, 0.1) is 5.69 Å². The second-order valence-electron chi connectivity index (χ2n) is 4.04. The molecule has 0 amide bonds. The van der Waals surface area contributed by atoms with Crippen LogP contribution in [0.25, 0.3) is 0 Å². The van der Waals surface area contributed by atoms with Gasteiger partial charge in [0.2, 0.25) is 0 Å². The highest BCUT2D eigenvalue weighted by molar-refractivity contribution is 7.99. The summed E-state index contributed by atoms with van der Waals surface area (Å²) in [5, 5.41) is 0.679. The molecule has 0 saturated carbocycles. The fraction of sp³-hybridized carbons (Fsp3) is 0.308. The zero-order valence-electron chi connectivity index (χ0n) is 10.3. The summed E-state index contributed by atoms with van der Waals surface area (Å²) in [7, 11) is 0. The van der Waals surface area contributed by atoms with Crippen LogP contribution >= 0.6 is 11.8 Å². The molecule has 90 valence electrons. The van der Waals surface area contributed by atoms with Crippen LogP contribution in [-0.4, -0.2) is 4.98 Å². The molecule has 1 heterocycles. The second-order valence-corrected chi connectivity index (χ2v) is 5.03. The highest BCUT2D eigenvalue weighted by Gasteiger charge is 2.10. The lowest BCUT2D eigenvalue weighted by atomic mass is 10.1. The number of benzene rings is 1. The molecule has 0 aliphatic rings. The van der Waals surface area contributed by atoms with Gasteiger partial charge in [0, 0.05) is 11.4 Å². The number of rotatable bonds is 3.